The first kappa shape index (κ1) is 24.9. The molecule has 178 valence electrons. The van der Waals surface area contributed by atoms with Gasteiger partial charge >= 0.3 is 12.1 Å². The van der Waals surface area contributed by atoms with Crippen LogP contribution in [0.2, 0.25) is 0 Å². The Kier molecular flexibility index (Phi) is 8.01. The van der Waals surface area contributed by atoms with Crippen molar-refractivity contribution in [2.45, 2.75) is 26.4 Å². The van der Waals surface area contributed by atoms with Crippen molar-refractivity contribution in [2.24, 2.45) is 0 Å². The second-order valence-corrected chi connectivity index (χ2v) is 7.69. The van der Waals surface area contributed by atoms with Gasteiger partial charge in [0.05, 0.1) is 0 Å². The first-order valence-corrected chi connectivity index (χ1v) is 10.5. The van der Waals surface area contributed by atoms with Crippen LogP contribution in [0.1, 0.15) is 27.2 Å². The Labute approximate surface area is 194 Å². The number of hydrogen-bond donors (Lipinski definition) is 2. The van der Waals surface area contributed by atoms with Crippen molar-refractivity contribution in [3.05, 3.63) is 88.8 Å². The summed E-state index contributed by atoms with van der Waals surface area (Å²) in [4.78, 5) is 22.1. The molecule has 9 heteroatoms. The van der Waals surface area contributed by atoms with Crippen molar-refractivity contribution in [1.82, 2.24) is 15.0 Å². The van der Waals surface area contributed by atoms with E-state index in [-0.39, 0.29) is 12.2 Å². The van der Waals surface area contributed by atoms with E-state index in [0.717, 1.165) is 33.2 Å². The Balaban J connectivity index is 0.000000191. The van der Waals surface area contributed by atoms with Crippen LogP contribution in [0, 0.1) is 13.8 Å². The Hall–Kier alpha value is -3.72. The number of carboxylic acids is 1. The molecular formula is C25H24F3N4O2-. The van der Waals surface area contributed by atoms with Gasteiger partial charge in [-0.3, -0.25) is 4.98 Å². The Morgan fingerprint density at radius 3 is 2.50 bits per heavy atom. The van der Waals surface area contributed by atoms with E-state index in [0.29, 0.717) is 12.1 Å². The highest BCUT2D eigenvalue weighted by Crippen LogP contribution is 2.23. The van der Waals surface area contributed by atoms with E-state index in [1.807, 2.05) is 62.5 Å². The lowest BCUT2D eigenvalue weighted by molar-refractivity contribution is -0.113. The van der Waals surface area contributed by atoms with E-state index in [2.05, 4.69) is 20.3 Å². The third-order valence-electron chi connectivity index (χ3n) is 5.19. The molecule has 4 rings (SSSR count). The zero-order valence-electron chi connectivity index (χ0n) is 18.7. The topological polar surface area (TPSA) is 93.0 Å². The van der Waals surface area contributed by atoms with Crippen molar-refractivity contribution in [2.75, 3.05) is 13.1 Å². The van der Waals surface area contributed by atoms with E-state index >= 15 is 0 Å². The minimum atomic E-state index is -4.19. The molecule has 2 aromatic heterocycles. The molecule has 0 unspecified atom stereocenters. The number of carboxylic acid groups (broad SMARTS) is 1. The Morgan fingerprint density at radius 2 is 1.79 bits per heavy atom. The third-order valence-corrected chi connectivity index (χ3v) is 5.19. The number of halogens is 3. The van der Waals surface area contributed by atoms with Gasteiger partial charge in [0.25, 0.3) is 0 Å². The number of benzene rings is 2. The van der Waals surface area contributed by atoms with Crippen LogP contribution >= 0.6 is 0 Å². The molecule has 2 aromatic carbocycles. The number of alkyl halides is 3. The maximum Gasteiger partial charge on any atom is 0.371 e. The van der Waals surface area contributed by atoms with Crippen LogP contribution in [0.5, 0.6) is 0 Å². The summed E-state index contributed by atoms with van der Waals surface area (Å²) in [5.41, 5.74) is 5.43. The van der Waals surface area contributed by atoms with E-state index in [1.165, 1.54) is 12.4 Å². The molecule has 0 aliphatic rings. The molecule has 0 fully saturated rings. The SMILES string of the molecule is Cc1ccc(-c2nccnc2C(=O)O)cc1C.FC(F)(F)C[N-]CCc1c[nH]c2ccccc12. The fraction of sp³-hybridized carbons (Fsp3) is 0.240. The molecule has 2 heterocycles. The average molecular weight is 469 g/mol. The van der Waals surface area contributed by atoms with Crippen LogP contribution in [0.15, 0.2) is 61.1 Å². The van der Waals surface area contributed by atoms with Crippen LogP contribution in [-0.4, -0.2) is 45.3 Å². The normalized spacial score (nSPS) is 11.2. The zero-order chi connectivity index (χ0) is 24.7. The summed E-state index contributed by atoms with van der Waals surface area (Å²) < 4.78 is 35.6. The molecule has 0 spiro atoms. The fourth-order valence-corrected chi connectivity index (χ4v) is 3.34. The van der Waals surface area contributed by atoms with Crippen LogP contribution in [0.3, 0.4) is 0 Å². The van der Waals surface area contributed by atoms with Gasteiger partial charge in [0.2, 0.25) is 0 Å². The van der Waals surface area contributed by atoms with Gasteiger partial charge in [0, 0.05) is 35.1 Å². The summed E-state index contributed by atoms with van der Waals surface area (Å²) in [5, 5.41) is 13.6. The maximum atomic E-state index is 11.9. The Morgan fingerprint density at radius 1 is 1.06 bits per heavy atom. The van der Waals surface area contributed by atoms with Crippen LogP contribution in [0.25, 0.3) is 27.5 Å². The third kappa shape index (κ3) is 6.64. The van der Waals surface area contributed by atoms with Gasteiger partial charge in [-0.2, -0.15) is 13.2 Å². The lowest BCUT2D eigenvalue weighted by Gasteiger charge is -2.20. The molecule has 0 amide bonds. The van der Waals surface area contributed by atoms with E-state index in [9.17, 15) is 18.0 Å². The summed E-state index contributed by atoms with van der Waals surface area (Å²) in [6.45, 7) is 3.13. The van der Waals surface area contributed by atoms with Crippen molar-refractivity contribution < 1.29 is 23.1 Å². The van der Waals surface area contributed by atoms with Crippen molar-refractivity contribution in [1.29, 1.82) is 0 Å². The molecule has 0 atom stereocenters. The quantitative estimate of drug-likeness (QED) is 0.334. The lowest BCUT2D eigenvalue weighted by atomic mass is 10.0. The molecule has 4 aromatic rings. The number of nitrogens with zero attached hydrogens (tertiary/aromatic N) is 3. The summed E-state index contributed by atoms with van der Waals surface area (Å²) in [6.07, 6.45) is 1.04. The van der Waals surface area contributed by atoms with Gasteiger partial charge in [-0.15, -0.1) is 6.54 Å². The number of aromatic amines is 1. The molecule has 6 nitrogen and oxygen atoms in total. The number of aromatic carboxylic acids is 1. The predicted molar refractivity (Wildman–Crippen MR) is 125 cm³/mol. The first-order chi connectivity index (χ1) is 16.2. The van der Waals surface area contributed by atoms with E-state index < -0.39 is 18.7 Å². The highest BCUT2D eigenvalue weighted by atomic mass is 19.4. The number of para-hydroxylation sites is 1. The number of nitrogens with one attached hydrogen (secondary N) is 1. The number of hydrogen-bond acceptors (Lipinski definition) is 3. The fourth-order valence-electron chi connectivity index (χ4n) is 3.34. The second-order valence-electron chi connectivity index (χ2n) is 7.69. The number of fused-ring (bicyclic) bond motifs is 1. The highest BCUT2D eigenvalue weighted by Gasteiger charge is 2.20. The van der Waals surface area contributed by atoms with Crippen LogP contribution in [-0.2, 0) is 6.42 Å². The van der Waals surface area contributed by atoms with Gasteiger partial charge in [-0.1, -0.05) is 36.9 Å². The molecule has 0 bridgehead atoms. The van der Waals surface area contributed by atoms with Gasteiger partial charge in [0.15, 0.2) is 5.69 Å². The first-order valence-electron chi connectivity index (χ1n) is 10.5. The minimum absolute atomic E-state index is 0.0178. The van der Waals surface area contributed by atoms with E-state index in [4.69, 9.17) is 5.11 Å². The van der Waals surface area contributed by atoms with Crippen molar-refractivity contribution >= 4 is 16.9 Å². The number of carbonyl (C=O) groups is 1. The van der Waals surface area contributed by atoms with Crippen LogP contribution in [0.4, 0.5) is 13.2 Å². The van der Waals surface area contributed by atoms with Gasteiger partial charge in [0.1, 0.15) is 5.69 Å². The second kappa shape index (κ2) is 10.9. The molecule has 0 aliphatic heterocycles. The standard InChI is InChI=1S/C13H12N2O2.C12H12F3N2/c1-8-3-4-10(7-9(8)2)11-12(13(16)17)15-6-5-14-11;13-12(14,15)8-16-6-5-9-7-17-11-4-2-1-3-10(9)11/h3-7H,1-2H3,(H,16,17);1-4,7,17H,5-6,8H2/q;-1. The summed E-state index contributed by atoms with van der Waals surface area (Å²) >= 11 is 0. The van der Waals surface area contributed by atoms with Gasteiger partial charge in [-0.05, 0) is 49.1 Å². The summed E-state index contributed by atoms with van der Waals surface area (Å²) in [5.74, 6) is -1.06. The lowest BCUT2D eigenvalue weighted by Crippen LogP contribution is -2.14. The zero-order valence-corrected chi connectivity index (χ0v) is 18.7. The summed E-state index contributed by atoms with van der Waals surface area (Å²) in [6, 6.07) is 13.4. The molecule has 0 saturated carbocycles. The molecular weight excluding hydrogens is 445 g/mol. The Bertz CT molecular complexity index is 1270. The molecule has 0 radical (unpaired) electrons. The average Bonchev–Trinajstić information content (AvgIpc) is 3.21. The largest absolute Gasteiger partial charge is 0.655 e. The maximum absolute atomic E-state index is 11.9. The molecule has 34 heavy (non-hydrogen) atoms. The number of rotatable bonds is 6. The predicted octanol–water partition coefficient (Wildman–Crippen LogP) is 6.11. The number of aromatic nitrogens is 3. The molecule has 0 saturated heterocycles. The minimum Gasteiger partial charge on any atom is -0.655 e. The monoisotopic (exact) mass is 469 g/mol. The smallest absolute Gasteiger partial charge is 0.371 e. The molecule has 0 aliphatic carbocycles. The van der Waals surface area contributed by atoms with Gasteiger partial charge in [-0.25, -0.2) is 9.78 Å². The number of aryl methyl sites for hydroxylation is 2. The van der Waals surface area contributed by atoms with Crippen LogP contribution < -0.4 is 0 Å². The number of H-pyrrole nitrogens is 1. The summed E-state index contributed by atoms with van der Waals surface area (Å²) in [7, 11) is 0. The van der Waals surface area contributed by atoms with Gasteiger partial charge < -0.3 is 15.4 Å². The highest BCUT2D eigenvalue weighted by molar-refractivity contribution is 5.92. The van der Waals surface area contributed by atoms with Crippen molar-refractivity contribution in [3.8, 4) is 11.3 Å². The van der Waals surface area contributed by atoms with Crippen molar-refractivity contribution in [3.63, 3.8) is 0 Å². The molecule has 2 N–H and O–H groups in total. The van der Waals surface area contributed by atoms with E-state index in [1.54, 1.807) is 0 Å².